The fourth-order valence-corrected chi connectivity index (χ4v) is 1.81. The molecule has 0 unspecified atom stereocenters. The van der Waals surface area contributed by atoms with E-state index < -0.39 is 0 Å². The molecule has 0 saturated carbocycles. The monoisotopic (exact) mass is 262 g/mol. The van der Waals surface area contributed by atoms with Crippen LogP contribution in [0.3, 0.4) is 0 Å². The molecule has 0 bridgehead atoms. The highest BCUT2D eigenvalue weighted by Gasteiger charge is 2.13. The number of rotatable bonds is 1. The van der Waals surface area contributed by atoms with Crippen LogP contribution in [0.4, 0.5) is 0 Å². The van der Waals surface area contributed by atoms with Crippen LogP contribution in [-0.4, -0.2) is 19.6 Å². The Morgan fingerprint density at radius 3 is 2.58 bits per heavy atom. The predicted octanol–water partition coefficient (Wildman–Crippen LogP) is 2.19. The van der Waals surface area contributed by atoms with Crippen molar-refractivity contribution in [3.8, 4) is 6.07 Å². The molecule has 0 saturated heterocycles. The fourth-order valence-electron chi connectivity index (χ4n) is 1.81. The average molecular weight is 262 g/mol. The number of carbonyl (C=O) groups excluding carboxylic acids is 1. The summed E-state index contributed by atoms with van der Waals surface area (Å²) in [6.45, 7) is 3.97. The summed E-state index contributed by atoms with van der Waals surface area (Å²) in [4.78, 5) is 9.83. The number of aryl methyl sites for hydroxylation is 1. The Kier molecular flexibility index (Phi) is 9.11. The summed E-state index contributed by atoms with van der Waals surface area (Å²) in [6, 6.07) is 8.24. The highest BCUT2D eigenvalue weighted by atomic mass is 16.5. The van der Waals surface area contributed by atoms with Crippen molar-refractivity contribution in [3.05, 3.63) is 34.9 Å². The van der Waals surface area contributed by atoms with Crippen LogP contribution >= 0.6 is 0 Å². The number of nitrogens with two attached hydrogens (primary N) is 1. The van der Waals surface area contributed by atoms with Crippen LogP contribution in [-0.2, 0) is 22.4 Å². The van der Waals surface area contributed by atoms with Crippen molar-refractivity contribution in [1.82, 2.24) is 0 Å². The lowest BCUT2D eigenvalue weighted by atomic mass is 10.0. The van der Waals surface area contributed by atoms with Gasteiger partial charge in [0, 0.05) is 0 Å². The number of ether oxygens (including phenoxy) is 1. The Hall–Kier alpha value is -1.86. The molecule has 0 amide bonds. The molecular weight excluding hydrogens is 240 g/mol. The van der Waals surface area contributed by atoms with Crippen LogP contribution in [0.5, 0.6) is 0 Å². The molecule has 2 rings (SSSR count). The summed E-state index contributed by atoms with van der Waals surface area (Å²) in [5.41, 5.74) is 8.35. The summed E-state index contributed by atoms with van der Waals surface area (Å²) in [5.74, 6) is -0.380. The van der Waals surface area contributed by atoms with Gasteiger partial charge in [-0.3, -0.25) is 4.79 Å². The Morgan fingerprint density at radius 2 is 2.11 bits per heavy atom. The van der Waals surface area contributed by atoms with E-state index in [0.717, 1.165) is 18.4 Å². The molecule has 2 N–H and O–H groups in total. The third-order valence-corrected chi connectivity index (χ3v) is 2.66. The molecule has 0 aromatic heterocycles. The summed E-state index contributed by atoms with van der Waals surface area (Å²) < 4.78 is 4.14. The molecular formula is C15H22N2O2. The highest BCUT2D eigenvalue weighted by Crippen LogP contribution is 2.24. The van der Waals surface area contributed by atoms with E-state index >= 15 is 0 Å². The highest BCUT2D eigenvalue weighted by molar-refractivity contribution is 5.70. The third kappa shape index (κ3) is 5.54. The lowest BCUT2D eigenvalue weighted by molar-refractivity contribution is -0.138. The van der Waals surface area contributed by atoms with Crippen molar-refractivity contribution in [2.24, 2.45) is 5.73 Å². The summed E-state index contributed by atoms with van der Waals surface area (Å²) in [6.07, 6.45) is 3.47. The number of nitrogens with zero attached hydrogens (tertiary/aromatic N) is 1. The molecule has 0 spiro atoms. The molecule has 1 aromatic rings. The van der Waals surface area contributed by atoms with Gasteiger partial charge < -0.3 is 10.5 Å². The SMILES string of the molecule is CC.COC(=O)CN.N#Cc1cccc2c1CCC2. The first-order chi connectivity index (χ1) is 9.22. The number of methoxy groups -OCH3 is 1. The van der Waals surface area contributed by atoms with Gasteiger partial charge in [0.25, 0.3) is 0 Å². The number of hydrogen-bond donors (Lipinski definition) is 1. The summed E-state index contributed by atoms with van der Waals surface area (Å²) >= 11 is 0. The molecule has 104 valence electrons. The molecule has 1 aliphatic carbocycles. The van der Waals surface area contributed by atoms with E-state index in [-0.39, 0.29) is 12.5 Å². The van der Waals surface area contributed by atoms with Crippen molar-refractivity contribution in [1.29, 1.82) is 5.26 Å². The molecule has 1 aromatic carbocycles. The minimum absolute atomic E-state index is 0.0312. The van der Waals surface area contributed by atoms with Gasteiger partial charge in [0.1, 0.15) is 0 Å². The number of hydrogen-bond acceptors (Lipinski definition) is 4. The van der Waals surface area contributed by atoms with E-state index in [2.05, 4.69) is 16.9 Å². The average Bonchev–Trinajstić information content (AvgIpc) is 2.97. The Balaban J connectivity index is 0.000000350. The number of carbonyl (C=O) groups is 1. The van der Waals surface area contributed by atoms with E-state index in [1.165, 1.54) is 24.7 Å². The summed E-state index contributed by atoms with van der Waals surface area (Å²) in [5, 5.41) is 8.75. The molecule has 4 heteroatoms. The number of esters is 1. The van der Waals surface area contributed by atoms with Gasteiger partial charge in [-0.1, -0.05) is 26.0 Å². The maximum Gasteiger partial charge on any atom is 0.319 e. The van der Waals surface area contributed by atoms with Crippen molar-refractivity contribution in [2.45, 2.75) is 33.1 Å². The second-order valence-electron chi connectivity index (χ2n) is 3.69. The normalized spacial score (nSPS) is 10.9. The largest absolute Gasteiger partial charge is 0.468 e. The Morgan fingerprint density at radius 1 is 1.42 bits per heavy atom. The smallest absolute Gasteiger partial charge is 0.319 e. The predicted molar refractivity (Wildman–Crippen MR) is 75.6 cm³/mol. The van der Waals surface area contributed by atoms with Gasteiger partial charge in [-0.2, -0.15) is 5.26 Å². The van der Waals surface area contributed by atoms with Gasteiger partial charge in [-0.15, -0.1) is 0 Å². The van der Waals surface area contributed by atoms with E-state index in [1.54, 1.807) is 0 Å². The van der Waals surface area contributed by atoms with E-state index in [0.29, 0.717) is 0 Å². The first-order valence-electron chi connectivity index (χ1n) is 6.50. The molecule has 4 nitrogen and oxygen atoms in total. The minimum atomic E-state index is -0.380. The molecule has 0 fully saturated rings. The maximum atomic E-state index is 9.83. The molecule has 19 heavy (non-hydrogen) atoms. The van der Waals surface area contributed by atoms with Crippen LogP contribution in [0, 0.1) is 11.3 Å². The van der Waals surface area contributed by atoms with Gasteiger partial charge >= 0.3 is 5.97 Å². The lowest BCUT2D eigenvalue weighted by Gasteiger charge is -1.98. The number of nitriles is 1. The Bertz CT molecular complexity index is 430. The molecule has 1 aliphatic rings. The second-order valence-corrected chi connectivity index (χ2v) is 3.69. The standard InChI is InChI=1S/C10H9N.C3H7NO2.C2H6/c11-7-9-5-1-3-8-4-2-6-10(8)9;1-6-3(5)2-4;1-2/h1,3,5H,2,4,6H2;2,4H2,1H3;1-2H3. The van der Waals surface area contributed by atoms with Crippen LogP contribution in [0.1, 0.15) is 37.0 Å². The molecule has 0 radical (unpaired) electrons. The first kappa shape index (κ1) is 17.1. The van der Waals surface area contributed by atoms with E-state index in [9.17, 15) is 4.79 Å². The van der Waals surface area contributed by atoms with Crippen molar-refractivity contribution in [3.63, 3.8) is 0 Å². The van der Waals surface area contributed by atoms with Gasteiger partial charge in [-0.25, -0.2) is 0 Å². The van der Waals surface area contributed by atoms with Crippen LogP contribution in [0.2, 0.25) is 0 Å². The minimum Gasteiger partial charge on any atom is -0.468 e. The zero-order valence-corrected chi connectivity index (χ0v) is 11.9. The lowest BCUT2D eigenvalue weighted by Crippen LogP contribution is -2.14. The van der Waals surface area contributed by atoms with E-state index in [1.807, 2.05) is 26.0 Å². The van der Waals surface area contributed by atoms with Gasteiger partial charge in [-0.05, 0) is 36.5 Å². The second kappa shape index (κ2) is 10.1. The molecule has 0 atom stereocenters. The number of fused-ring (bicyclic) bond motifs is 1. The maximum absolute atomic E-state index is 9.83. The third-order valence-electron chi connectivity index (χ3n) is 2.66. The van der Waals surface area contributed by atoms with Crippen LogP contribution in [0.15, 0.2) is 18.2 Å². The fraction of sp³-hybridized carbons (Fsp3) is 0.467. The molecule has 0 heterocycles. The first-order valence-corrected chi connectivity index (χ1v) is 6.50. The van der Waals surface area contributed by atoms with E-state index in [4.69, 9.17) is 11.0 Å². The van der Waals surface area contributed by atoms with Crippen LogP contribution < -0.4 is 5.73 Å². The topological polar surface area (TPSA) is 76.1 Å². The van der Waals surface area contributed by atoms with Gasteiger partial charge in [0.15, 0.2) is 0 Å². The van der Waals surface area contributed by atoms with Crippen molar-refractivity contribution >= 4 is 5.97 Å². The Labute approximate surface area is 115 Å². The number of benzene rings is 1. The zero-order chi connectivity index (χ0) is 14.7. The molecule has 0 aliphatic heterocycles. The zero-order valence-electron chi connectivity index (χ0n) is 11.9. The van der Waals surface area contributed by atoms with Crippen molar-refractivity contribution < 1.29 is 9.53 Å². The van der Waals surface area contributed by atoms with Gasteiger partial charge in [0.05, 0.1) is 25.3 Å². The van der Waals surface area contributed by atoms with Crippen LogP contribution in [0.25, 0.3) is 0 Å². The van der Waals surface area contributed by atoms with Crippen molar-refractivity contribution in [2.75, 3.05) is 13.7 Å². The summed E-state index contributed by atoms with van der Waals surface area (Å²) in [7, 11) is 1.30. The van der Waals surface area contributed by atoms with Gasteiger partial charge in [0.2, 0.25) is 0 Å². The quantitative estimate of drug-likeness (QED) is 0.787.